The molecule has 3 heterocycles. The average Bonchev–Trinajstić information content (AvgIpc) is 3.35. The van der Waals surface area contributed by atoms with Crippen LogP contribution < -0.4 is 5.32 Å². The van der Waals surface area contributed by atoms with Gasteiger partial charge < -0.3 is 19.9 Å². The lowest BCUT2D eigenvalue weighted by Gasteiger charge is -2.33. The number of amides is 2. The molecule has 2 saturated heterocycles. The number of piperidine rings is 2. The van der Waals surface area contributed by atoms with Gasteiger partial charge in [-0.1, -0.05) is 12.1 Å². The predicted octanol–water partition coefficient (Wildman–Crippen LogP) is 2.90. The average molecular weight is 440 g/mol. The molecule has 0 radical (unpaired) electrons. The normalized spacial score (nSPS) is 23.4. The summed E-state index contributed by atoms with van der Waals surface area (Å²) >= 11 is 0. The van der Waals surface area contributed by atoms with Crippen molar-refractivity contribution in [2.24, 2.45) is 11.3 Å². The van der Waals surface area contributed by atoms with Crippen LogP contribution in [0.5, 0.6) is 0 Å². The van der Waals surface area contributed by atoms with Gasteiger partial charge in [-0.15, -0.1) is 0 Å². The van der Waals surface area contributed by atoms with E-state index >= 15 is 0 Å². The van der Waals surface area contributed by atoms with Crippen molar-refractivity contribution in [1.29, 1.82) is 0 Å². The zero-order valence-corrected chi connectivity index (χ0v) is 18.8. The van der Waals surface area contributed by atoms with E-state index in [1.165, 1.54) is 0 Å². The third-order valence-corrected chi connectivity index (χ3v) is 7.54. The zero-order chi connectivity index (χ0) is 22.1. The van der Waals surface area contributed by atoms with E-state index < -0.39 is 0 Å². The summed E-state index contributed by atoms with van der Waals surface area (Å²) in [6.45, 7) is 6.37. The molecule has 1 aromatic heterocycles. The fourth-order valence-electron chi connectivity index (χ4n) is 5.44. The molecule has 0 bridgehead atoms. The predicted molar refractivity (Wildman–Crippen MR) is 121 cm³/mol. The van der Waals surface area contributed by atoms with E-state index in [0.717, 1.165) is 68.6 Å². The molecule has 1 atom stereocenters. The summed E-state index contributed by atoms with van der Waals surface area (Å²) in [6.07, 6.45) is 4.52. The van der Waals surface area contributed by atoms with E-state index in [2.05, 4.69) is 21.3 Å². The molecule has 8 heteroatoms. The number of fused-ring (bicyclic) bond motifs is 1. The minimum Gasteiger partial charge on any atom is -0.450 e. The Morgan fingerprint density at radius 1 is 1.19 bits per heavy atom. The Labute approximate surface area is 188 Å². The van der Waals surface area contributed by atoms with Crippen molar-refractivity contribution >= 4 is 23.0 Å². The number of hydrogen-bond acceptors (Lipinski definition) is 5. The number of H-pyrrole nitrogens is 1. The third kappa shape index (κ3) is 4.33. The van der Waals surface area contributed by atoms with E-state index in [1.54, 1.807) is 4.90 Å². The highest BCUT2D eigenvalue weighted by Crippen LogP contribution is 2.59. The Morgan fingerprint density at radius 2 is 1.94 bits per heavy atom. The van der Waals surface area contributed by atoms with Crippen LogP contribution in [-0.4, -0.2) is 70.6 Å². The molecule has 1 aliphatic carbocycles. The minimum absolute atomic E-state index is 0.152. The molecule has 2 N–H and O–H groups in total. The molecular formula is C24H33N5O3. The summed E-state index contributed by atoms with van der Waals surface area (Å²) in [5.41, 5.74) is 2.30. The molecule has 1 saturated carbocycles. The number of nitrogens with zero attached hydrogens (tertiary/aromatic N) is 3. The molecule has 3 aliphatic rings. The van der Waals surface area contributed by atoms with E-state index in [-0.39, 0.29) is 29.4 Å². The number of rotatable bonds is 5. The van der Waals surface area contributed by atoms with Crippen LogP contribution in [0.25, 0.3) is 11.0 Å². The van der Waals surface area contributed by atoms with Gasteiger partial charge in [0.2, 0.25) is 5.91 Å². The number of carbonyl (C=O) groups excluding carboxylic acids is 2. The second-order valence-electron chi connectivity index (χ2n) is 9.56. The first kappa shape index (κ1) is 21.2. The number of para-hydroxylation sites is 2. The second-order valence-corrected chi connectivity index (χ2v) is 9.56. The molecule has 3 fully saturated rings. The van der Waals surface area contributed by atoms with E-state index in [4.69, 9.17) is 9.72 Å². The van der Waals surface area contributed by atoms with Crippen LogP contribution in [0.15, 0.2) is 24.3 Å². The number of aromatic nitrogens is 2. The second kappa shape index (κ2) is 8.73. The molecule has 5 rings (SSSR count). The summed E-state index contributed by atoms with van der Waals surface area (Å²) in [5, 5.41) is 3.26. The molecule has 172 valence electrons. The molecule has 8 nitrogen and oxygen atoms in total. The molecule has 2 amide bonds. The smallest absolute Gasteiger partial charge is 0.409 e. The van der Waals surface area contributed by atoms with Gasteiger partial charge in [-0.3, -0.25) is 9.69 Å². The summed E-state index contributed by atoms with van der Waals surface area (Å²) in [4.78, 5) is 37.0. The van der Waals surface area contributed by atoms with Gasteiger partial charge in [-0.25, -0.2) is 9.78 Å². The van der Waals surface area contributed by atoms with Gasteiger partial charge in [-0.05, 0) is 69.7 Å². The van der Waals surface area contributed by atoms with Gasteiger partial charge in [0, 0.05) is 25.0 Å². The Hall–Kier alpha value is -2.61. The third-order valence-electron chi connectivity index (χ3n) is 7.54. The van der Waals surface area contributed by atoms with Gasteiger partial charge >= 0.3 is 6.09 Å². The van der Waals surface area contributed by atoms with Crippen molar-refractivity contribution in [3.63, 3.8) is 0 Å². The lowest BCUT2D eigenvalue weighted by molar-refractivity contribution is -0.124. The quantitative estimate of drug-likeness (QED) is 0.748. The number of benzene rings is 1. The van der Waals surface area contributed by atoms with Gasteiger partial charge in [0.25, 0.3) is 0 Å². The summed E-state index contributed by atoms with van der Waals surface area (Å²) in [6, 6.07) is 8.30. The van der Waals surface area contributed by atoms with Crippen molar-refractivity contribution in [3.05, 3.63) is 30.1 Å². The van der Waals surface area contributed by atoms with Crippen LogP contribution in [0.4, 0.5) is 4.79 Å². The number of nitrogens with one attached hydrogen (secondary N) is 2. The number of likely N-dealkylation sites (tertiary alicyclic amines) is 2. The van der Waals surface area contributed by atoms with Crippen molar-refractivity contribution in [2.75, 3.05) is 32.8 Å². The lowest BCUT2D eigenvalue weighted by Crippen LogP contribution is -2.47. The van der Waals surface area contributed by atoms with E-state index in [9.17, 15) is 9.59 Å². The molecule has 32 heavy (non-hydrogen) atoms. The van der Waals surface area contributed by atoms with E-state index in [1.807, 2.05) is 25.1 Å². The number of ether oxygens (including phenoxy) is 1. The van der Waals surface area contributed by atoms with Gasteiger partial charge in [-0.2, -0.15) is 0 Å². The van der Waals surface area contributed by atoms with Gasteiger partial charge in [0.1, 0.15) is 5.82 Å². The number of imidazole rings is 1. The topological polar surface area (TPSA) is 90.6 Å². The van der Waals surface area contributed by atoms with E-state index in [0.29, 0.717) is 19.7 Å². The minimum atomic E-state index is -0.243. The summed E-state index contributed by atoms with van der Waals surface area (Å²) in [7, 11) is 0. The largest absolute Gasteiger partial charge is 0.450 e. The van der Waals surface area contributed by atoms with Gasteiger partial charge in [0.15, 0.2) is 0 Å². The van der Waals surface area contributed by atoms with Crippen LogP contribution in [0.1, 0.15) is 44.9 Å². The van der Waals surface area contributed by atoms with Crippen LogP contribution in [0.2, 0.25) is 0 Å². The fraction of sp³-hybridized carbons (Fsp3) is 0.625. The summed E-state index contributed by atoms with van der Waals surface area (Å²) < 4.78 is 5.07. The maximum atomic E-state index is 12.9. The molecular weight excluding hydrogens is 406 g/mol. The molecule has 1 aromatic carbocycles. The first-order valence-corrected chi connectivity index (χ1v) is 11.9. The van der Waals surface area contributed by atoms with Crippen LogP contribution >= 0.6 is 0 Å². The molecule has 2 aliphatic heterocycles. The highest BCUT2D eigenvalue weighted by molar-refractivity contribution is 5.83. The SMILES string of the molecule is CCOC(=O)N1CCC(NC(=O)[C@H]2CC23CCN(Cc2nc4ccccc4[nH]2)CC3)CC1. The Bertz CT molecular complexity index is 940. The Balaban J connectivity index is 1.06. The molecule has 1 spiro atoms. The standard InChI is InChI=1S/C24H33N5O3/c1-2-32-23(31)29-11-7-17(8-12-29)25-22(30)18-15-24(18)9-13-28(14-10-24)16-21-26-19-5-3-4-6-20(19)27-21/h3-6,17-18H,2,7-16H2,1H3,(H,25,30)(H,26,27)/t18-/m1/s1. The first-order chi connectivity index (χ1) is 15.6. The number of hydrogen-bond donors (Lipinski definition) is 2. The van der Waals surface area contributed by atoms with Crippen molar-refractivity contribution in [3.8, 4) is 0 Å². The molecule has 2 aromatic rings. The highest BCUT2D eigenvalue weighted by Gasteiger charge is 2.58. The lowest BCUT2D eigenvalue weighted by atomic mass is 9.90. The van der Waals surface area contributed by atoms with Crippen molar-refractivity contribution in [1.82, 2.24) is 25.1 Å². The first-order valence-electron chi connectivity index (χ1n) is 11.9. The van der Waals surface area contributed by atoms with Crippen LogP contribution in [0.3, 0.4) is 0 Å². The van der Waals surface area contributed by atoms with Crippen LogP contribution in [0, 0.1) is 11.3 Å². The Morgan fingerprint density at radius 3 is 2.66 bits per heavy atom. The monoisotopic (exact) mass is 439 g/mol. The van der Waals surface area contributed by atoms with Crippen LogP contribution in [-0.2, 0) is 16.1 Å². The maximum Gasteiger partial charge on any atom is 0.409 e. The zero-order valence-electron chi connectivity index (χ0n) is 18.8. The van der Waals surface area contributed by atoms with Crippen molar-refractivity contribution < 1.29 is 14.3 Å². The van der Waals surface area contributed by atoms with Crippen molar-refractivity contribution in [2.45, 2.75) is 51.6 Å². The molecule has 0 unspecified atom stereocenters. The number of carbonyl (C=O) groups is 2. The highest BCUT2D eigenvalue weighted by atomic mass is 16.6. The summed E-state index contributed by atoms with van der Waals surface area (Å²) in [5.74, 6) is 1.38. The maximum absolute atomic E-state index is 12.9. The van der Waals surface area contributed by atoms with Gasteiger partial charge in [0.05, 0.1) is 24.2 Å². The number of aromatic amines is 1. The fourth-order valence-corrected chi connectivity index (χ4v) is 5.44. The Kier molecular flexibility index (Phi) is 5.80.